The van der Waals surface area contributed by atoms with Crippen LogP contribution in [0.3, 0.4) is 0 Å². The van der Waals surface area contributed by atoms with Gasteiger partial charge in [0.2, 0.25) is 0 Å². The second kappa shape index (κ2) is 10.6. The van der Waals surface area contributed by atoms with Crippen molar-refractivity contribution in [1.82, 2.24) is 10.2 Å². The third kappa shape index (κ3) is 5.82. The molecule has 1 fully saturated rings. The summed E-state index contributed by atoms with van der Waals surface area (Å²) in [6, 6.07) is 15.5. The molecule has 1 heterocycles. The number of benzene rings is 2. The molecule has 138 valence electrons. The quantitative estimate of drug-likeness (QED) is 0.811. The average Bonchev–Trinajstić information content (AvgIpc) is 2.58. The van der Waals surface area contributed by atoms with Gasteiger partial charge in [-0.05, 0) is 29.8 Å². The van der Waals surface area contributed by atoms with Crippen LogP contribution in [0.2, 0.25) is 0 Å². The fourth-order valence-electron chi connectivity index (χ4n) is 2.83. The van der Waals surface area contributed by atoms with Gasteiger partial charge in [0.05, 0.1) is 6.04 Å². The summed E-state index contributed by atoms with van der Waals surface area (Å²) < 4.78 is 32.8. The van der Waals surface area contributed by atoms with Gasteiger partial charge in [0.15, 0.2) is 0 Å². The van der Waals surface area contributed by atoms with E-state index in [1.165, 1.54) is 0 Å². The van der Waals surface area contributed by atoms with Crippen LogP contribution < -0.4 is 10.1 Å². The van der Waals surface area contributed by atoms with E-state index in [9.17, 15) is 8.78 Å². The number of para-hydroxylation sites is 1. The minimum absolute atomic E-state index is 0. The van der Waals surface area contributed by atoms with Gasteiger partial charge < -0.3 is 10.1 Å². The first-order valence-corrected chi connectivity index (χ1v) is 7.80. The fourth-order valence-corrected chi connectivity index (χ4v) is 2.83. The maximum atomic E-state index is 13.5. The van der Waals surface area contributed by atoms with Crippen LogP contribution in [0, 0.1) is 0 Å². The van der Waals surface area contributed by atoms with Crippen LogP contribution in [0.15, 0.2) is 54.6 Å². The molecule has 0 saturated carbocycles. The second-order valence-electron chi connectivity index (χ2n) is 5.55. The number of nitrogens with zero attached hydrogens (tertiary/aromatic N) is 1. The highest BCUT2D eigenvalue weighted by atomic mass is 35.5. The van der Waals surface area contributed by atoms with E-state index in [2.05, 4.69) is 5.32 Å². The van der Waals surface area contributed by atoms with E-state index in [4.69, 9.17) is 4.74 Å². The van der Waals surface area contributed by atoms with Gasteiger partial charge in [-0.2, -0.15) is 0 Å². The van der Waals surface area contributed by atoms with Gasteiger partial charge in [-0.1, -0.05) is 30.3 Å². The van der Waals surface area contributed by atoms with Crippen molar-refractivity contribution in [3.8, 4) is 11.5 Å². The van der Waals surface area contributed by atoms with Crippen molar-refractivity contribution in [3.05, 3.63) is 60.2 Å². The Kier molecular flexibility index (Phi) is 9.14. The number of ether oxygens (including phenoxy) is 1. The Hall–Kier alpha value is -1.40. The Bertz CT molecular complexity index is 608. The van der Waals surface area contributed by atoms with Crippen LogP contribution in [0.25, 0.3) is 0 Å². The topological polar surface area (TPSA) is 24.5 Å². The third-order valence-electron chi connectivity index (χ3n) is 3.98. The normalized spacial score (nSPS) is 15.8. The smallest absolute Gasteiger partial charge is 0.258 e. The zero-order valence-corrected chi connectivity index (χ0v) is 15.2. The van der Waals surface area contributed by atoms with E-state index < -0.39 is 12.5 Å². The summed E-state index contributed by atoms with van der Waals surface area (Å²) in [6.45, 7) is 2.77. The molecule has 2 aromatic rings. The first kappa shape index (κ1) is 21.6. The molecule has 1 aliphatic rings. The number of nitrogens with one attached hydrogen (secondary N) is 1. The van der Waals surface area contributed by atoms with Gasteiger partial charge in [0.25, 0.3) is 6.43 Å². The average molecular weight is 391 g/mol. The molecule has 3 rings (SSSR count). The number of alkyl halides is 2. The lowest BCUT2D eigenvalue weighted by Crippen LogP contribution is -2.46. The van der Waals surface area contributed by atoms with Gasteiger partial charge >= 0.3 is 0 Å². The minimum atomic E-state index is -2.41. The van der Waals surface area contributed by atoms with E-state index in [0.29, 0.717) is 24.4 Å². The highest BCUT2D eigenvalue weighted by molar-refractivity contribution is 5.85. The predicted octanol–water partition coefficient (Wildman–Crippen LogP) is 4.53. The van der Waals surface area contributed by atoms with Gasteiger partial charge in [0, 0.05) is 26.2 Å². The molecule has 7 heteroatoms. The number of hydrogen-bond acceptors (Lipinski definition) is 3. The monoisotopic (exact) mass is 390 g/mol. The molecule has 0 aromatic heterocycles. The molecular formula is C18H22Cl2F2N2O. The number of hydrogen-bond donors (Lipinski definition) is 1. The standard InChI is InChI=1S/C18H20F2N2O.2ClH/c19-18(20)17(22-12-10-21-11-13-22)14-6-8-16(9-7-14)23-15-4-2-1-3-5-15;;/h1-9,17-18,21H,10-13H2;2*1H/t17-;;/m0../s1. The fraction of sp³-hybridized carbons (Fsp3) is 0.333. The Balaban J connectivity index is 0.00000156. The molecule has 3 nitrogen and oxygen atoms in total. The molecule has 0 aliphatic carbocycles. The molecular weight excluding hydrogens is 369 g/mol. The largest absolute Gasteiger partial charge is 0.457 e. The van der Waals surface area contributed by atoms with Crippen LogP contribution in [-0.4, -0.2) is 37.5 Å². The summed E-state index contributed by atoms with van der Waals surface area (Å²) in [6.07, 6.45) is -2.41. The maximum absolute atomic E-state index is 13.5. The van der Waals surface area contributed by atoms with Crippen molar-refractivity contribution >= 4 is 24.8 Å². The van der Waals surface area contributed by atoms with Gasteiger partial charge in [0.1, 0.15) is 11.5 Å². The Morgan fingerprint density at radius 2 is 1.40 bits per heavy atom. The molecule has 1 saturated heterocycles. The zero-order valence-electron chi connectivity index (χ0n) is 13.6. The summed E-state index contributed by atoms with van der Waals surface area (Å²) in [5.41, 5.74) is 0.627. The van der Waals surface area contributed by atoms with Crippen LogP contribution in [0.4, 0.5) is 8.78 Å². The second-order valence-corrected chi connectivity index (χ2v) is 5.55. The number of halogens is 4. The summed E-state index contributed by atoms with van der Waals surface area (Å²) in [4.78, 5) is 1.84. The lowest BCUT2D eigenvalue weighted by atomic mass is 10.0. The molecule has 1 N–H and O–H groups in total. The highest BCUT2D eigenvalue weighted by Gasteiger charge is 2.29. The summed E-state index contributed by atoms with van der Waals surface area (Å²) >= 11 is 0. The van der Waals surface area contributed by atoms with Gasteiger partial charge in [-0.3, -0.25) is 4.90 Å². The molecule has 0 spiro atoms. The van der Waals surface area contributed by atoms with E-state index in [0.717, 1.165) is 18.8 Å². The summed E-state index contributed by atoms with van der Waals surface area (Å²) in [5.74, 6) is 1.38. The van der Waals surface area contributed by atoms with Crippen molar-refractivity contribution in [3.63, 3.8) is 0 Å². The van der Waals surface area contributed by atoms with Crippen molar-refractivity contribution in [2.45, 2.75) is 12.5 Å². The maximum Gasteiger partial charge on any atom is 0.258 e. The van der Waals surface area contributed by atoms with E-state index in [-0.39, 0.29) is 24.8 Å². The van der Waals surface area contributed by atoms with Crippen LogP contribution >= 0.6 is 24.8 Å². The summed E-state index contributed by atoms with van der Waals surface area (Å²) in [7, 11) is 0. The van der Waals surface area contributed by atoms with Crippen molar-refractivity contribution in [2.75, 3.05) is 26.2 Å². The van der Waals surface area contributed by atoms with E-state index in [1.54, 1.807) is 24.3 Å². The Morgan fingerprint density at radius 3 is 1.96 bits per heavy atom. The highest BCUT2D eigenvalue weighted by Crippen LogP contribution is 2.30. The molecule has 1 aliphatic heterocycles. The van der Waals surface area contributed by atoms with Crippen LogP contribution in [0.5, 0.6) is 11.5 Å². The van der Waals surface area contributed by atoms with Crippen LogP contribution in [0.1, 0.15) is 11.6 Å². The minimum Gasteiger partial charge on any atom is -0.457 e. The lowest BCUT2D eigenvalue weighted by Gasteiger charge is -2.34. The van der Waals surface area contributed by atoms with Crippen molar-refractivity contribution in [2.24, 2.45) is 0 Å². The van der Waals surface area contributed by atoms with E-state index in [1.807, 2.05) is 35.2 Å². The Labute approximate surface area is 159 Å². The Morgan fingerprint density at radius 1 is 0.840 bits per heavy atom. The van der Waals surface area contributed by atoms with Gasteiger partial charge in [-0.25, -0.2) is 8.78 Å². The predicted molar refractivity (Wildman–Crippen MR) is 101 cm³/mol. The molecule has 0 bridgehead atoms. The van der Waals surface area contributed by atoms with E-state index >= 15 is 0 Å². The molecule has 0 unspecified atom stereocenters. The molecule has 0 amide bonds. The number of piperazine rings is 1. The van der Waals surface area contributed by atoms with Crippen LogP contribution in [-0.2, 0) is 0 Å². The molecule has 0 radical (unpaired) electrons. The SMILES string of the molecule is Cl.Cl.FC(F)[C@H](c1ccc(Oc2ccccc2)cc1)N1CCNCC1. The lowest BCUT2D eigenvalue weighted by molar-refractivity contribution is 0.0181. The van der Waals surface area contributed by atoms with Crippen molar-refractivity contribution < 1.29 is 13.5 Å². The molecule has 2 aromatic carbocycles. The van der Waals surface area contributed by atoms with Crippen molar-refractivity contribution in [1.29, 1.82) is 0 Å². The number of rotatable bonds is 5. The van der Waals surface area contributed by atoms with Gasteiger partial charge in [-0.15, -0.1) is 24.8 Å². The zero-order chi connectivity index (χ0) is 16.1. The first-order chi connectivity index (χ1) is 11.2. The molecule has 25 heavy (non-hydrogen) atoms. The summed E-state index contributed by atoms with van der Waals surface area (Å²) in [5, 5.41) is 3.19. The molecule has 1 atom stereocenters. The first-order valence-electron chi connectivity index (χ1n) is 7.80. The third-order valence-corrected chi connectivity index (χ3v) is 3.98.